The molecule has 0 spiro atoms. The van der Waals surface area contributed by atoms with E-state index in [9.17, 15) is 0 Å². The van der Waals surface area contributed by atoms with Crippen LogP contribution >= 0.6 is 12.2 Å². The normalized spacial score (nSPS) is 11.3. The van der Waals surface area contributed by atoms with Gasteiger partial charge in [-0.05, 0) is 36.2 Å². The Balaban J connectivity index is 2.68. The second-order valence-corrected chi connectivity index (χ2v) is 4.15. The molecule has 74 valence electrons. The number of H-pyrrole nitrogens is 2. The third-order valence-corrected chi connectivity index (χ3v) is 2.94. The molecule has 2 N–H and O–H groups in total. The molecule has 0 amide bonds. The molecule has 2 nitrogen and oxygen atoms in total. The first-order valence-corrected chi connectivity index (χ1v) is 5.27. The Hall–Kier alpha value is -1.61. The molecule has 1 heterocycles. The van der Waals surface area contributed by atoms with Crippen LogP contribution in [0.25, 0.3) is 21.8 Å². The molecular weight excluding hydrogens is 204 g/mol. The molecule has 0 saturated heterocycles. The molecule has 0 aliphatic carbocycles. The molecule has 0 atom stereocenters. The minimum absolute atomic E-state index is 0.681. The second-order valence-electron chi connectivity index (χ2n) is 3.74. The third kappa shape index (κ3) is 1.20. The monoisotopic (exact) mass is 214 g/mol. The Morgan fingerprint density at radius 2 is 1.80 bits per heavy atom. The van der Waals surface area contributed by atoms with Gasteiger partial charge in [-0.3, -0.25) is 0 Å². The predicted molar refractivity (Wildman–Crippen MR) is 65.7 cm³/mol. The van der Waals surface area contributed by atoms with E-state index in [1.54, 1.807) is 0 Å². The van der Waals surface area contributed by atoms with Crippen molar-refractivity contribution in [2.75, 3.05) is 0 Å². The van der Waals surface area contributed by atoms with Gasteiger partial charge in [0.2, 0.25) is 0 Å². The van der Waals surface area contributed by atoms with Crippen molar-refractivity contribution >= 4 is 34.0 Å². The molecular formula is C12H10N2S. The number of hydrogen-bond acceptors (Lipinski definition) is 1. The highest BCUT2D eigenvalue weighted by atomic mass is 32.1. The summed E-state index contributed by atoms with van der Waals surface area (Å²) in [5.74, 6) is 0. The average molecular weight is 214 g/mol. The molecule has 0 bridgehead atoms. The molecule has 0 unspecified atom stereocenters. The zero-order chi connectivity index (χ0) is 10.4. The van der Waals surface area contributed by atoms with E-state index >= 15 is 0 Å². The first kappa shape index (κ1) is 8.68. The minimum Gasteiger partial charge on any atom is -0.331 e. The highest BCUT2D eigenvalue weighted by Gasteiger charge is 2.04. The molecule has 0 aliphatic heterocycles. The quantitative estimate of drug-likeness (QED) is 0.549. The molecule has 0 radical (unpaired) electrons. The largest absolute Gasteiger partial charge is 0.331 e. The number of hydrogen-bond donors (Lipinski definition) is 2. The zero-order valence-corrected chi connectivity index (χ0v) is 9.11. The van der Waals surface area contributed by atoms with Crippen molar-refractivity contribution in [2.45, 2.75) is 6.92 Å². The van der Waals surface area contributed by atoms with Gasteiger partial charge in [0.15, 0.2) is 4.77 Å². The van der Waals surface area contributed by atoms with Crippen molar-refractivity contribution < 1.29 is 0 Å². The molecule has 3 heteroatoms. The summed E-state index contributed by atoms with van der Waals surface area (Å²) in [4.78, 5) is 6.34. The van der Waals surface area contributed by atoms with Crippen molar-refractivity contribution in [1.29, 1.82) is 0 Å². The molecule has 0 fully saturated rings. The van der Waals surface area contributed by atoms with Crippen LogP contribution in [0.2, 0.25) is 0 Å². The van der Waals surface area contributed by atoms with Gasteiger partial charge in [-0.25, -0.2) is 0 Å². The fourth-order valence-electron chi connectivity index (χ4n) is 2.06. The number of aromatic nitrogens is 2. The zero-order valence-electron chi connectivity index (χ0n) is 8.29. The lowest BCUT2D eigenvalue weighted by atomic mass is 10.0. The smallest absolute Gasteiger partial charge is 0.175 e. The lowest BCUT2D eigenvalue weighted by molar-refractivity contribution is 1.30. The summed E-state index contributed by atoms with van der Waals surface area (Å²) in [6.07, 6.45) is 0. The van der Waals surface area contributed by atoms with Crippen LogP contribution in [0.15, 0.2) is 30.3 Å². The molecule has 0 saturated carbocycles. The first-order valence-electron chi connectivity index (χ1n) is 4.86. The van der Waals surface area contributed by atoms with E-state index < -0.39 is 0 Å². The third-order valence-electron chi connectivity index (χ3n) is 2.74. The topological polar surface area (TPSA) is 31.6 Å². The van der Waals surface area contributed by atoms with Crippen LogP contribution < -0.4 is 0 Å². The number of rotatable bonds is 0. The summed E-state index contributed by atoms with van der Waals surface area (Å²) in [6, 6.07) is 10.5. The fourth-order valence-corrected chi connectivity index (χ4v) is 2.27. The van der Waals surface area contributed by atoms with E-state index in [4.69, 9.17) is 12.2 Å². The summed E-state index contributed by atoms with van der Waals surface area (Å²) in [5, 5.41) is 2.50. The maximum absolute atomic E-state index is 5.11. The standard InChI is InChI=1S/C12H10N2S/c1-7-6-10-11(14-12(15)13-10)9-5-3-2-4-8(7)9/h2-6H,1H3,(H2,13,14,15). The molecule has 3 rings (SSSR count). The van der Waals surface area contributed by atoms with Gasteiger partial charge in [0.1, 0.15) is 0 Å². The van der Waals surface area contributed by atoms with Crippen LogP contribution in [-0.2, 0) is 0 Å². The Labute approximate surface area is 91.9 Å². The highest BCUT2D eigenvalue weighted by molar-refractivity contribution is 7.71. The van der Waals surface area contributed by atoms with Gasteiger partial charge in [0, 0.05) is 5.39 Å². The van der Waals surface area contributed by atoms with E-state index in [2.05, 4.69) is 41.2 Å². The summed E-state index contributed by atoms with van der Waals surface area (Å²) >= 11 is 5.11. The summed E-state index contributed by atoms with van der Waals surface area (Å²) in [7, 11) is 0. The number of imidazole rings is 1. The van der Waals surface area contributed by atoms with Gasteiger partial charge in [-0.2, -0.15) is 0 Å². The van der Waals surface area contributed by atoms with E-state index in [1.165, 1.54) is 16.3 Å². The first-order chi connectivity index (χ1) is 7.25. The van der Waals surface area contributed by atoms with Gasteiger partial charge < -0.3 is 9.97 Å². The number of fused-ring (bicyclic) bond motifs is 3. The van der Waals surface area contributed by atoms with Crippen LogP contribution in [0.1, 0.15) is 5.56 Å². The van der Waals surface area contributed by atoms with Gasteiger partial charge in [-0.15, -0.1) is 0 Å². The maximum Gasteiger partial charge on any atom is 0.175 e. The average Bonchev–Trinajstić information content (AvgIpc) is 2.59. The van der Waals surface area contributed by atoms with Gasteiger partial charge in [-0.1, -0.05) is 24.3 Å². The van der Waals surface area contributed by atoms with Gasteiger partial charge >= 0.3 is 0 Å². The highest BCUT2D eigenvalue weighted by Crippen LogP contribution is 2.25. The molecule has 15 heavy (non-hydrogen) atoms. The SMILES string of the molecule is Cc1cc2[nH]c(=S)[nH]c2c2ccccc12. The maximum atomic E-state index is 5.11. The van der Waals surface area contributed by atoms with E-state index in [0.29, 0.717) is 4.77 Å². The van der Waals surface area contributed by atoms with Crippen LogP contribution in [-0.4, -0.2) is 9.97 Å². The van der Waals surface area contributed by atoms with Crippen molar-refractivity contribution in [3.8, 4) is 0 Å². The number of aryl methyl sites for hydroxylation is 1. The number of aromatic amines is 2. The summed E-state index contributed by atoms with van der Waals surface area (Å²) < 4.78 is 0.681. The van der Waals surface area contributed by atoms with Gasteiger partial charge in [0.05, 0.1) is 11.0 Å². The van der Waals surface area contributed by atoms with Crippen molar-refractivity contribution in [1.82, 2.24) is 9.97 Å². The van der Waals surface area contributed by atoms with E-state index in [-0.39, 0.29) is 0 Å². The molecule has 0 aliphatic rings. The number of benzene rings is 2. The van der Waals surface area contributed by atoms with E-state index in [1.807, 2.05) is 6.07 Å². The van der Waals surface area contributed by atoms with Crippen LogP contribution in [0.4, 0.5) is 0 Å². The second kappa shape index (κ2) is 2.94. The molecule has 2 aromatic carbocycles. The Bertz CT molecular complexity index is 706. The fraction of sp³-hybridized carbons (Fsp3) is 0.0833. The van der Waals surface area contributed by atoms with Crippen LogP contribution in [0.5, 0.6) is 0 Å². The molecule has 1 aromatic heterocycles. The van der Waals surface area contributed by atoms with Crippen LogP contribution in [0, 0.1) is 11.7 Å². The lowest BCUT2D eigenvalue weighted by Crippen LogP contribution is -1.80. The minimum atomic E-state index is 0.681. The van der Waals surface area contributed by atoms with Crippen molar-refractivity contribution in [3.63, 3.8) is 0 Å². The van der Waals surface area contributed by atoms with Crippen molar-refractivity contribution in [3.05, 3.63) is 40.7 Å². The van der Waals surface area contributed by atoms with Crippen molar-refractivity contribution in [2.24, 2.45) is 0 Å². The molecule has 3 aromatic rings. The van der Waals surface area contributed by atoms with Crippen LogP contribution in [0.3, 0.4) is 0 Å². The van der Waals surface area contributed by atoms with E-state index in [0.717, 1.165) is 11.0 Å². The summed E-state index contributed by atoms with van der Waals surface area (Å²) in [6.45, 7) is 2.12. The Morgan fingerprint density at radius 1 is 1.07 bits per heavy atom. The Kier molecular flexibility index (Phi) is 1.70. The lowest BCUT2D eigenvalue weighted by Gasteiger charge is -2.02. The van der Waals surface area contributed by atoms with Gasteiger partial charge in [0.25, 0.3) is 0 Å². The predicted octanol–water partition coefficient (Wildman–Crippen LogP) is 3.69. The number of nitrogens with one attached hydrogen (secondary N) is 2. The Morgan fingerprint density at radius 3 is 2.60 bits per heavy atom. The summed E-state index contributed by atoms with van der Waals surface area (Å²) in [5.41, 5.74) is 3.45.